The van der Waals surface area contributed by atoms with Crippen LogP contribution in [0, 0.1) is 18.3 Å². The second-order valence-electron chi connectivity index (χ2n) is 7.43. The summed E-state index contributed by atoms with van der Waals surface area (Å²) in [5, 5.41) is 14.3. The van der Waals surface area contributed by atoms with Crippen molar-refractivity contribution >= 4 is 28.4 Å². The Bertz CT molecular complexity index is 1330. The molecule has 0 aliphatic rings. The van der Waals surface area contributed by atoms with Gasteiger partial charge in [-0.05, 0) is 53.3 Å². The van der Waals surface area contributed by atoms with E-state index in [1.165, 1.54) is 5.56 Å². The van der Waals surface area contributed by atoms with Crippen LogP contribution in [0.2, 0.25) is 0 Å². The molecule has 0 bridgehead atoms. The first-order valence-electron chi connectivity index (χ1n) is 10.3. The normalized spacial score (nSPS) is 11.1. The van der Waals surface area contributed by atoms with E-state index in [4.69, 9.17) is 4.74 Å². The van der Waals surface area contributed by atoms with Gasteiger partial charge in [-0.25, -0.2) is 0 Å². The van der Waals surface area contributed by atoms with Crippen molar-refractivity contribution in [1.82, 2.24) is 0 Å². The van der Waals surface area contributed by atoms with Crippen LogP contribution in [0.15, 0.2) is 96.6 Å². The molecule has 0 aliphatic heterocycles. The maximum absolute atomic E-state index is 12.7. The Morgan fingerprint density at radius 3 is 2.44 bits per heavy atom. The van der Waals surface area contributed by atoms with Crippen LogP contribution in [0.4, 0.5) is 5.69 Å². The molecule has 0 aliphatic carbocycles. The number of nitrogens with zero attached hydrogens (tertiary/aromatic N) is 1. The Kier molecular flexibility index (Phi) is 6.29. The quantitative estimate of drug-likeness (QED) is 0.296. The van der Waals surface area contributed by atoms with Crippen molar-refractivity contribution < 1.29 is 9.53 Å². The van der Waals surface area contributed by atoms with Gasteiger partial charge >= 0.3 is 0 Å². The fourth-order valence-electron chi connectivity index (χ4n) is 3.43. The molecule has 32 heavy (non-hydrogen) atoms. The smallest absolute Gasteiger partial charge is 0.266 e. The van der Waals surface area contributed by atoms with E-state index in [0.717, 1.165) is 27.6 Å². The van der Waals surface area contributed by atoms with E-state index in [-0.39, 0.29) is 5.57 Å². The van der Waals surface area contributed by atoms with Gasteiger partial charge in [-0.2, -0.15) is 5.26 Å². The topological polar surface area (TPSA) is 62.1 Å². The summed E-state index contributed by atoms with van der Waals surface area (Å²) in [5.74, 6) is 0.285. The van der Waals surface area contributed by atoms with Gasteiger partial charge in [0.1, 0.15) is 24.0 Å². The third-order valence-corrected chi connectivity index (χ3v) is 5.25. The van der Waals surface area contributed by atoms with Crippen molar-refractivity contribution in [1.29, 1.82) is 5.26 Å². The van der Waals surface area contributed by atoms with Crippen molar-refractivity contribution in [3.63, 3.8) is 0 Å². The average molecular weight is 418 g/mol. The molecule has 1 amide bonds. The van der Waals surface area contributed by atoms with Gasteiger partial charge in [0, 0.05) is 11.1 Å². The highest BCUT2D eigenvalue weighted by Crippen LogP contribution is 2.24. The zero-order chi connectivity index (χ0) is 22.3. The number of ether oxygens (including phenoxy) is 1. The molecule has 4 aromatic rings. The molecular weight excluding hydrogens is 396 g/mol. The highest BCUT2D eigenvalue weighted by atomic mass is 16.5. The van der Waals surface area contributed by atoms with Crippen molar-refractivity contribution in [3.8, 4) is 11.8 Å². The predicted octanol–water partition coefficient (Wildman–Crippen LogP) is 6.27. The van der Waals surface area contributed by atoms with E-state index in [1.54, 1.807) is 6.08 Å². The first-order chi connectivity index (χ1) is 15.6. The van der Waals surface area contributed by atoms with Crippen molar-refractivity contribution in [2.24, 2.45) is 0 Å². The number of benzene rings is 4. The lowest BCUT2D eigenvalue weighted by Gasteiger charge is -2.09. The first-order valence-corrected chi connectivity index (χ1v) is 10.3. The van der Waals surface area contributed by atoms with Gasteiger partial charge in [-0.1, -0.05) is 72.8 Å². The van der Waals surface area contributed by atoms with Gasteiger partial charge in [-0.15, -0.1) is 0 Å². The maximum Gasteiger partial charge on any atom is 0.266 e. The molecule has 1 N–H and O–H groups in total. The minimum Gasteiger partial charge on any atom is -0.489 e. The minimum atomic E-state index is -0.441. The van der Waals surface area contributed by atoms with Crippen LogP contribution < -0.4 is 10.1 Å². The van der Waals surface area contributed by atoms with Crippen LogP contribution in [0.25, 0.3) is 16.8 Å². The zero-order valence-electron chi connectivity index (χ0n) is 17.7. The van der Waals surface area contributed by atoms with E-state index < -0.39 is 5.91 Å². The fraction of sp³-hybridized carbons (Fsp3) is 0.0714. The molecule has 4 heteroatoms. The number of aryl methyl sites for hydroxylation is 1. The van der Waals surface area contributed by atoms with Gasteiger partial charge in [-0.3, -0.25) is 4.79 Å². The molecule has 4 rings (SSSR count). The summed E-state index contributed by atoms with van der Waals surface area (Å²) >= 11 is 0. The van der Waals surface area contributed by atoms with E-state index in [9.17, 15) is 10.1 Å². The SMILES string of the molecule is Cc1ccccc1COc1ccc(/C=C(\C#N)C(=O)Nc2cccc3ccccc23)cc1. The molecule has 0 saturated heterocycles. The Labute approximate surface area is 187 Å². The second-order valence-corrected chi connectivity index (χ2v) is 7.43. The van der Waals surface area contributed by atoms with E-state index >= 15 is 0 Å². The van der Waals surface area contributed by atoms with Gasteiger partial charge in [0.05, 0.1) is 0 Å². The molecule has 4 nitrogen and oxygen atoms in total. The number of amides is 1. The lowest BCUT2D eigenvalue weighted by molar-refractivity contribution is -0.112. The van der Waals surface area contributed by atoms with Crippen LogP contribution in [0.5, 0.6) is 5.75 Å². The predicted molar refractivity (Wildman–Crippen MR) is 128 cm³/mol. The molecule has 4 aromatic carbocycles. The number of anilines is 1. The van der Waals surface area contributed by atoms with Crippen molar-refractivity contribution in [3.05, 3.63) is 113 Å². The standard InChI is InChI=1S/C28H22N2O2/c1-20-7-2-3-9-23(20)19-32-25-15-13-21(14-16-25)17-24(18-29)28(31)30-27-12-6-10-22-8-4-5-11-26(22)27/h2-17H,19H2,1H3,(H,30,31)/b24-17+. The number of carbonyl (C=O) groups excluding carboxylic acids is 1. The minimum absolute atomic E-state index is 0.0338. The molecule has 0 atom stereocenters. The summed E-state index contributed by atoms with van der Waals surface area (Å²) in [7, 11) is 0. The van der Waals surface area contributed by atoms with E-state index in [2.05, 4.69) is 18.3 Å². The van der Waals surface area contributed by atoms with Crippen molar-refractivity contribution in [2.45, 2.75) is 13.5 Å². The van der Waals surface area contributed by atoms with Crippen molar-refractivity contribution in [2.75, 3.05) is 5.32 Å². The highest BCUT2D eigenvalue weighted by Gasteiger charge is 2.11. The summed E-state index contributed by atoms with van der Waals surface area (Å²) in [5.41, 5.74) is 3.77. The molecule has 0 radical (unpaired) electrons. The number of carbonyl (C=O) groups is 1. The highest BCUT2D eigenvalue weighted by molar-refractivity contribution is 6.12. The molecule has 0 spiro atoms. The lowest BCUT2D eigenvalue weighted by atomic mass is 10.1. The number of rotatable bonds is 6. The van der Waals surface area contributed by atoms with E-state index in [0.29, 0.717) is 12.3 Å². The summed E-state index contributed by atoms with van der Waals surface area (Å²) in [6.45, 7) is 2.54. The third-order valence-electron chi connectivity index (χ3n) is 5.25. The maximum atomic E-state index is 12.7. The number of nitriles is 1. The summed E-state index contributed by atoms with van der Waals surface area (Å²) in [6.07, 6.45) is 1.57. The summed E-state index contributed by atoms with van der Waals surface area (Å²) < 4.78 is 5.86. The van der Waals surface area contributed by atoms with Gasteiger partial charge < -0.3 is 10.1 Å². The Balaban J connectivity index is 1.46. The largest absolute Gasteiger partial charge is 0.489 e. The monoisotopic (exact) mass is 418 g/mol. The van der Waals surface area contributed by atoms with Crippen LogP contribution in [0.1, 0.15) is 16.7 Å². The molecule has 0 fully saturated rings. The molecule has 156 valence electrons. The van der Waals surface area contributed by atoms with Crippen LogP contribution in [-0.2, 0) is 11.4 Å². The van der Waals surface area contributed by atoms with Gasteiger partial charge in [0.25, 0.3) is 5.91 Å². The Morgan fingerprint density at radius 1 is 0.938 bits per heavy atom. The molecule has 0 heterocycles. The Morgan fingerprint density at radius 2 is 1.66 bits per heavy atom. The van der Waals surface area contributed by atoms with Crippen LogP contribution in [0.3, 0.4) is 0 Å². The molecule has 0 saturated carbocycles. The first kappa shape index (κ1) is 20.9. The molecule has 0 aromatic heterocycles. The molecule has 0 unspecified atom stereocenters. The average Bonchev–Trinajstić information content (AvgIpc) is 2.83. The third kappa shape index (κ3) is 4.85. The van der Waals surface area contributed by atoms with Crippen LogP contribution >= 0.6 is 0 Å². The number of fused-ring (bicyclic) bond motifs is 1. The number of hydrogen-bond donors (Lipinski definition) is 1. The lowest BCUT2D eigenvalue weighted by Crippen LogP contribution is -2.13. The number of hydrogen-bond acceptors (Lipinski definition) is 3. The summed E-state index contributed by atoms with van der Waals surface area (Å²) in [6, 6.07) is 30.9. The van der Waals surface area contributed by atoms with E-state index in [1.807, 2.05) is 91.0 Å². The van der Waals surface area contributed by atoms with Crippen LogP contribution in [-0.4, -0.2) is 5.91 Å². The van der Waals surface area contributed by atoms with Gasteiger partial charge in [0.15, 0.2) is 0 Å². The molecular formula is C28H22N2O2. The zero-order valence-corrected chi connectivity index (χ0v) is 17.7. The Hall–Kier alpha value is -4.36. The fourth-order valence-corrected chi connectivity index (χ4v) is 3.43. The second kappa shape index (κ2) is 9.63. The summed E-state index contributed by atoms with van der Waals surface area (Å²) in [4.78, 5) is 12.7. The van der Waals surface area contributed by atoms with Gasteiger partial charge in [0.2, 0.25) is 0 Å². The number of nitrogens with one attached hydrogen (secondary N) is 1.